The van der Waals surface area contributed by atoms with Crippen molar-refractivity contribution in [3.8, 4) is 0 Å². The van der Waals surface area contributed by atoms with Gasteiger partial charge in [-0.25, -0.2) is 4.79 Å². The van der Waals surface area contributed by atoms with Crippen molar-refractivity contribution < 1.29 is 14.6 Å². The van der Waals surface area contributed by atoms with Gasteiger partial charge in [-0.2, -0.15) is 0 Å². The molecule has 0 aromatic heterocycles. The van der Waals surface area contributed by atoms with E-state index in [2.05, 4.69) is 0 Å². The minimum atomic E-state index is -0.680. The predicted octanol–water partition coefficient (Wildman–Crippen LogP) is 2.54. The topological polar surface area (TPSA) is 46.5 Å². The molecule has 3 heteroatoms. The van der Waals surface area contributed by atoms with Crippen molar-refractivity contribution in [1.29, 1.82) is 0 Å². The van der Waals surface area contributed by atoms with Crippen molar-refractivity contribution in [2.24, 2.45) is 0 Å². The van der Waals surface area contributed by atoms with E-state index in [0.717, 1.165) is 12.0 Å². The maximum absolute atomic E-state index is 11.2. The first-order valence-electron chi connectivity index (χ1n) is 4.87. The van der Waals surface area contributed by atoms with Gasteiger partial charge < -0.3 is 9.84 Å². The molecule has 1 N–H and O–H groups in total. The van der Waals surface area contributed by atoms with Gasteiger partial charge in [0.25, 0.3) is 0 Å². The second-order valence-electron chi connectivity index (χ2n) is 3.08. The largest absolute Gasteiger partial charge is 0.502 e. The van der Waals surface area contributed by atoms with Crippen LogP contribution in [0.15, 0.2) is 36.1 Å². The number of esters is 1. The molecule has 1 rings (SSSR count). The van der Waals surface area contributed by atoms with Gasteiger partial charge in [0.2, 0.25) is 5.76 Å². The van der Waals surface area contributed by atoms with Crippen molar-refractivity contribution in [2.75, 3.05) is 6.61 Å². The van der Waals surface area contributed by atoms with E-state index in [4.69, 9.17) is 4.74 Å². The van der Waals surface area contributed by atoms with Crippen LogP contribution < -0.4 is 0 Å². The number of aliphatic hydroxyl groups excluding tert-OH is 1. The zero-order valence-corrected chi connectivity index (χ0v) is 8.64. The van der Waals surface area contributed by atoms with Gasteiger partial charge in [-0.3, -0.25) is 0 Å². The number of hydrogen-bond acceptors (Lipinski definition) is 3. The molecule has 0 aliphatic carbocycles. The third-order valence-corrected chi connectivity index (χ3v) is 1.75. The molecule has 0 radical (unpaired) electrons. The number of aliphatic hydroxyl groups is 1. The summed E-state index contributed by atoms with van der Waals surface area (Å²) >= 11 is 0. The van der Waals surface area contributed by atoms with Crippen molar-refractivity contribution in [1.82, 2.24) is 0 Å². The van der Waals surface area contributed by atoms with Gasteiger partial charge in [0.1, 0.15) is 0 Å². The molecule has 0 heterocycles. The molecular weight excluding hydrogens is 192 g/mol. The minimum absolute atomic E-state index is 0.325. The Morgan fingerprint density at radius 3 is 2.67 bits per heavy atom. The summed E-state index contributed by atoms with van der Waals surface area (Å²) in [4.78, 5) is 11.2. The number of carbonyl (C=O) groups excluding carboxylic acids is 1. The van der Waals surface area contributed by atoms with Gasteiger partial charge in [0.15, 0.2) is 0 Å². The average molecular weight is 206 g/mol. The van der Waals surface area contributed by atoms with E-state index in [-0.39, 0.29) is 5.76 Å². The maximum Gasteiger partial charge on any atom is 0.373 e. The lowest BCUT2D eigenvalue weighted by molar-refractivity contribution is -0.141. The van der Waals surface area contributed by atoms with Crippen LogP contribution in [-0.4, -0.2) is 17.7 Å². The Bertz CT molecular complexity index is 341. The molecule has 0 fully saturated rings. The Morgan fingerprint density at radius 2 is 2.07 bits per heavy atom. The first kappa shape index (κ1) is 11.3. The van der Waals surface area contributed by atoms with Crippen LogP contribution >= 0.6 is 0 Å². The summed E-state index contributed by atoms with van der Waals surface area (Å²) in [6, 6.07) is 9.11. The van der Waals surface area contributed by atoms with E-state index >= 15 is 0 Å². The summed E-state index contributed by atoms with van der Waals surface area (Å²) in [6.45, 7) is 2.22. The third-order valence-electron chi connectivity index (χ3n) is 1.75. The fraction of sp³-hybridized carbons (Fsp3) is 0.250. The number of rotatable bonds is 4. The average Bonchev–Trinajstić information content (AvgIpc) is 2.27. The molecule has 1 aromatic carbocycles. The molecule has 0 saturated carbocycles. The van der Waals surface area contributed by atoms with Crippen LogP contribution in [0.3, 0.4) is 0 Å². The van der Waals surface area contributed by atoms with E-state index < -0.39 is 5.97 Å². The molecule has 0 aliphatic heterocycles. The molecule has 0 bridgehead atoms. The lowest BCUT2D eigenvalue weighted by atomic mass is 10.2. The van der Waals surface area contributed by atoms with Crippen LogP contribution in [0.5, 0.6) is 0 Å². The second-order valence-corrected chi connectivity index (χ2v) is 3.08. The fourth-order valence-corrected chi connectivity index (χ4v) is 1.03. The van der Waals surface area contributed by atoms with Gasteiger partial charge in [0.05, 0.1) is 6.61 Å². The van der Waals surface area contributed by atoms with Crippen LogP contribution in [0.2, 0.25) is 0 Å². The molecule has 15 heavy (non-hydrogen) atoms. The van der Waals surface area contributed by atoms with Crippen LogP contribution in [-0.2, 0) is 9.53 Å². The first-order chi connectivity index (χ1) is 7.24. The highest BCUT2D eigenvalue weighted by Gasteiger charge is 2.07. The smallest absolute Gasteiger partial charge is 0.373 e. The molecule has 0 unspecified atom stereocenters. The molecule has 0 spiro atoms. The summed E-state index contributed by atoms with van der Waals surface area (Å²) in [7, 11) is 0. The first-order valence-corrected chi connectivity index (χ1v) is 4.87. The monoisotopic (exact) mass is 206 g/mol. The van der Waals surface area contributed by atoms with Gasteiger partial charge >= 0.3 is 5.97 Å². The number of carbonyl (C=O) groups is 1. The van der Waals surface area contributed by atoms with E-state index in [1.807, 2.05) is 25.1 Å². The summed E-state index contributed by atoms with van der Waals surface area (Å²) < 4.78 is 4.77. The normalized spacial score (nSPS) is 11.1. The standard InChI is InChI=1S/C12H14O3/c1-2-8-15-12(14)11(13)9-10-6-4-3-5-7-10/h3-7,9,13H,2,8H2,1H3. The molecular formula is C12H14O3. The SMILES string of the molecule is CCCOC(=O)C(O)=Cc1ccccc1. The number of hydrogen-bond donors (Lipinski definition) is 1. The van der Waals surface area contributed by atoms with Gasteiger partial charge in [-0.15, -0.1) is 0 Å². The zero-order valence-electron chi connectivity index (χ0n) is 8.64. The van der Waals surface area contributed by atoms with Crippen molar-refractivity contribution in [3.05, 3.63) is 41.7 Å². The molecule has 0 saturated heterocycles. The maximum atomic E-state index is 11.2. The summed E-state index contributed by atoms with van der Waals surface area (Å²) in [5.74, 6) is -1.05. The van der Waals surface area contributed by atoms with Crippen molar-refractivity contribution in [2.45, 2.75) is 13.3 Å². The molecule has 0 aliphatic rings. The quantitative estimate of drug-likeness (QED) is 0.468. The lowest BCUT2D eigenvalue weighted by Crippen LogP contribution is -2.07. The third kappa shape index (κ3) is 3.85. The van der Waals surface area contributed by atoms with Gasteiger partial charge in [-0.05, 0) is 18.1 Å². The van der Waals surface area contributed by atoms with E-state index in [1.165, 1.54) is 6.08 Å². The molecule has 3 nitrogen and oxygen atoms in total. The summed E-state index contributed by atoms with van der Waals surface area (Å²) in [6.07, 6.45) is 2.13. The van der Waals surface area contributed by atoms with Crippen molar-refractivity contribution in [3.63, 3.8) is 0 Å². The Kier molecular flexibility index (Phi) is 4.41. The van der Waals surface area contributed by atoms with Crippen LogP contribution in [0.25, 0.3) is 6.08 Å². The van der Waals surface area contributed by atoms with Crippen LogP contribution in [0.1, 0.15) is 18.9 Å². The summed E-state index contributed by atoms with van der Waals surface area (Å²) in [5, 5.41) is 9.38. The minimum Gasteiger partial charge on any atom is -0.502 e. The molecule has 1 aromatic rings. The number of ether oxygens (including phenoxy) is 1. The van der Waals surface area contributed by atoms with Crippen LogP contribution in [0.4, 0.5) is 0 Å². The predicted molar refractivity (Wildman–Crippen MR) is 58.3 cm³/mol. The van der Waals surface area contributed by atoms with Crippen LogP contribution in [0, 0.1) is 0 Å². The van der Waals surface area contributed by atoms with Crippen molar-refractivity contribution >= 4 is 12.0 Å². The van der Waals surface area contributed by atoms with E-state index in [9.17, 15) is 9.90 Å². The lowest BCUT2D eigenvalue weighted by Gasteiger charge is -2.01. The Morgan fingerprint density at radius 1 is 1.40 bits per heavy atom. The van der Waals surface area contributed by atoms with Gasteiger partial charge in [0, 0.05) is 0 Å². The fourth-order valence-electron chi connectivity index (χ4n) is 1.03. The Hall–Kier alpha value is -1.77. The highest BCUT2D eigenvalue weighted by Crippen LogP contribution is 2.05. The van der Waals surface area contributed by atoms with E-state index in [0.29, 0.717) is 6.61 Å². The zero-order chi connectivity index (χ0) is 11.1. The second kappa shape index (κ2) is 5.86. The van der Waals surface area contributed by atoms with Gasteiger partial charge in [-0.1, -0.05) is 37.3 Å². The molecule has 0 amide bonds. The Balaban J connectivity index is 2.63. The Labute approximate surface area is 89.0 Å². The highest BCUT2D eigenvalue weighted by molar-refractivity contribution is 5.90. The molecule has 0 atom stereocenters. The molecule has 80 valence electrons. The highest BCUT2D eigenvalue weighted by atomic mass is 16.5. The number of benzene rings is 1. The van der Waals surface area contributed by atoms with E-state index in [1.54, 1.807) is 12.1 Å². The summed E-state index contributed by atoms with van der Waals surface area (Å²) in [5.41, 5.74) is 0.767.